The lowest BCUT2D eigenvalue weighted by Gasteiger charge is -2.60. The van der Waals surface area contributed by atoms with Gasteiger partial charge in [-0.1, -0.05) is 74.9 Å². The van der Waals surface area contributed by atoms with Crippen LogP contribution in [0.2, 0.25) is 0 Å². The SMILES string of the molecule is CCN(C(=O)CCCCCCCCCCc1ccccc1)[C@H]1CC[C@H]2[C@H]3Cc4ccc(OC)c5c4[C@@]2(CCN3CC(C)=O)[C@H]1O5. The molecule has 2 heterocycles. The number of hydrogen-bond acceptors (Lipinski definition) is 5. The summed E-state index contributed by atoms with van der Waals surface area (Å²) in [6.07, 6.45) is 15.5. The molecule has 45 heavy (non-hydrogen) atoms. The normalized spacial score (nSPS) is 26.2. The Kier molecular flexibility index (Phi) is 10.2. The van der Waals surface area contributed by atoms with Gasteiger partial charge in [0.2, 0.25) is 5.91 Å². The van der Waals surface area contributed by atoms with Gasteiger partial charge in [-0.2, -0.15) is 0 Å². The standard InChI is InChI=1S/C39H54N2O4/c1-4-41(35(43)19-15-10-8-6-5-7-9-12-16-29-17-13-11-14-18-29)32-22-21-31-33-26-30-20-23-34(44-3)37-36(30)39(31,38(32)45-37)24-25-40(33)27-28(2)42/h11,13-14,17-18,20,23,31-33,38H,4-10,12,15-16,19,21-22,24-27H2,1-3H3/t31-,32-,33+,38-,39-/m0/s1. The number of nitrogens with zero attached hydrogens (tertiary/aromatic N) is 2. The van der Waals surface area contributed by atoms with Gasteiger partial charge in [0.1, 0.15) is 11.9 Å². The highest BCUT2D eigenvalue weighted by Crippen LogP contribution is 2.64. The minimum absolute atomic E-state index is 0.0608. The number of likely N-dealkylation sites (tertiary alicyclic amines) is 1. The molecule has 2 aromatic rings. The average Bonchev–Trinajstić information content (AvgIpc) is 3.39. The van der Waals surface area contributed by atoms with Crippen LogP contribution in [-0.2, 0) is 27.8 Å². The summed E-state index contributed by atoms with van der Waals surface area (Å²) in [4.78, 5) is 30.6. The van der Waals surface area contributed by atoms with Crippen molar-refractivity contribution in [1.29, 1.82) is 0 Å². The number of benzene rings is 2. The molecule has 0 unspecified atom stereocenters. The summed E-state index contributed by atoms with van der Waals surface area (Å²) >= 11 is 0. The van der Waals surface area contributed by atoms with E-state index >= 15 is 0 Å². The van der Waals surface area contributed by atoms with E-state index in [4.69, 9.17) is 9.47 Å². The zero-order valence-electron chi connectivity index (χ0n) is 27.9. The Hall–Kier alpha value is -2.86. The van der Waals surface area contributed by atoms with Crippen molar-refractivity contribution < 1.29 is 19.1 Å². The molecule has 6 nitrogen and oxygen atoms in total. The van der Waals surface area contributed by atoms with Crippen LogP contribution in [0.15, 0.2) is 42.5 Å². The summed E-state index contributed by atoms with van der Waals surface area (Å²) in [7, 11) is 1.73. The number of carbonyl (C=O) groups is 2. The fourth-order valence-corrected chi connectivity index (χ4v) is 9.60. The van der Waals surface area contributed by atoms with Gasteiger partial charge in [0, 0.05) is 30.0 Å². The van der Waals surface area contributed by atoms with Crippen molar-refractivity contribution in [2.24, 2.45) is 5.92 Å². The van der Waals surface area contributed by atoms with Crippen LogP contribution in [0, 0.1) is 5.92 Å². The molecule has 5 atom stereocenters. The van der Waals surface area contributed by atoms with Crippen LogP contribution in [0.1, 0.15) is 108 Å². The third kappa shape index (κ3) is 6.28. The van der Waals surface area contributed by atoms with E-state index in [1.165, 1.54) is 61.6 Å². The van der Waals surface area contributed by atoms with Gasteiger partial charge in [-0.05, 0) is 88.4 Å². The Balaban J connectivity index is 1.04. The lowest BCUT2D eigenvalue weighted by atomic mass is 9.51. The highest BCUT2D eigenvalue weighted by atomic mass is 16.5. The van der Waals surface area contributed by atoms with Crippen LogP contribution in [0.5, 0.6) is 11.5 Å². The summed E-state index contributed by atoms with van der Waals surface area (Å²) in [6.45, 7) is 5.98. The lowest BCUT2D eigenvalue weighted by Crippen LogP contribution is -2.69. The number of rotatable bonds is 16. The number of aryl methyl sites for hydroxylation is 1. The van der Waals surface area contributed by atoms with Crippen molar-refractivity contribution in [3.8, 4) is 11.5 Å². The van der Waals surface area contributed by atoms with Gasteiger partial charge in [0.05, 0.1) is 19.7 Å². The van der Waals surface area contributed by atoms with Gasteiger partial charge >= 0.3 is 0 Å². The second-order valence-corrected chi connectivity index (χ2v) is 14.1. The first kappa shape index (κ1) is 32.1. The molecule has 0 aromatic heterocycles. The summed E-state index contributed by atoms with van der Waals surface area (Å²) in [5.74, 6) is 2.68. The number of methoxy groups -OCH3 is 1. The van der Waals surface area contributed by atoms with E-state index in [9.17, 15) is 9.59 Å². The molecule has 1 saturated carbocycles. The second kappa shape index (κ2) is 14.3. The van der Waals surface area contributed by atoms with E-state index in [0.717, 1.165) is 56.6 Å². The molecule has 1 amide bonds. The molecule has 2 aliphatic heterocycles. The summed E-state index contributed by atoms with van der Waals surface area (Å²) in [5.41, 5.74) is 4.02. The zero-order chi connectivity index (χ0) is 31.4. The summed E-state index contributed by atoms with van der Waals surface area (Å²) in [5, 5.41) is 0. The monoisotopic (exact) mass is 614 g/mol. The molecule has 0 radical (unpaired) electrons. The number of amides is 1. The Morgan fingerprint density at radius 1 is 0.978 bits per heavy atom. The van der Waals surface area contributed by atoms with E-state index in [0.29, 0.717) is 31.5 Å². The molecule has 2 fully saturated rings. The van der Waals surface area contributed by atoms with Gasteiger partial charge in [-0.3, -0.25) is 14.5 Å². The maximum absolute atomic E-state index is 13.8. The van der Waals surface area contributed by atoms with Crippen LogP contribution < -0.4 is 9.47 Å². The minimum atomic E-state index is -0.118. The van der Waals surface area contributed by atoms with E-state index in [2.05, 4.69) is 59.2 Å². The Morgan fingerprint density at radius 2 is 1.71 bits per heavy atom. The van der Waals surface area contributed by atoms with Gasteiger partial charge in [-0.15, -0.1) is 0 Å². The van der Waals surface area contributed by atoms with Crippen LogP contribution in [-0.4, -0.2) is 66.4 Å². The van der Waals surface area contributed by atoms with E-state index in [1.807, 2.05) is 0 Å². The molecule has 1 spiro atoms. The number of ether oxygens (including phenoxy) is 2. The Morgan fingerprint density at radius 3 is 2.42 bits per heavy atom. The molecule has 2 bridgehead atoms. The van der Waals surface area contributed by atoms with Crippen LogP contribution >= 0.6 is 0 Å². The van der Waals surface area contributed by atoms with Crippen LogP contribution in [0.25, 0.3) is 0 Å². The number of hydrogen-bond donors (Lipinski definition) is 0. The number of likely N-dealkylation sites (N-methyl/N-ethyl adjacent to an activating group) is 1. The van der Waals surface area contributed by atoms with E-state index in [1.54, 1.807) is 14.0 Å². The number of unbranched alkanes of at least 4 members (excludes halogenated alkanes) is 7. The van der Waals surface area contributed by atoms with Crippen molar-refractivity contribution in [3.05, 3.63) is 59.2 Å². The molecule has 244 valence electrons. The highest BCUT2D eigenvalue weighted by molar-refractivity contribution is 5.78. The van der Waals surface area contributed by atoms with E-state index in [-0.39, 0.29) is 29.3 Å². The predicted octanol–water partition coefficient (Wildman–Crippen LogP) is 7.29. The highest BCUT2D eigenvalue weighted by Gasteiger charge is 2.66. The molecule has 2 aromatic carbocycles. The fraction of sp³-hybridized carbons (Fsp3) is 0.641. The molecule has 6 rings (SSSR count). The number of piperidine rings is 1. The number of Topliss-reactive ketones (excluding diaryl/α,β-unsaturated/α-hetero) is 1. The quantitative estimate of drug-likeness (QED) is 0.186. The molecule has 0 N–H and O–H groups in total. The maximum Gasteiger partial charge on any atom is 0.222 e. The first-order valence-corrected chi connectivity index (χ1v) is 17.9. The van der Waals surface area contributed by atoms with Gasteiger partial charge in [-0.25, -0.2) is 0 Å². The zero-order valence-corrected chi connectivity index (χ0v) is 27.9. The topological polar surface area (TPSA) is 59.1 Å². The third-order valence-electron chi connectivity index (χ3n) is 11.5. The maximum atomic E-state index is 13.8. The van der Waals surface area contributed by atoms with Crippen molar-refractivity contribution in [1.82, 2.24) is 9.80 Å². The molecular formula is C39H54N2O4. The number of ketones is 1. The van der Waals surface area contributed by atoms with E-state index < -0.39 is 0 Å². The third-order valence-corrected chi connectivity index (χ3v) is 11.5. The smallest absolute Gasteiger partial charge is 0.222 e. The van der Waals surface area contributed by atoms with Crippen molar-refractivity contribution >= 4 is 11.7 Å². The average molecular weight is 615 g/mol. The molecule has 1 saturated heterocycles. The van der Waals surface area contributed by atoms with Crippen LogP contribution in [0.3, 0.4) is 0 Å². The number of carbonyl (C=O) groups excluding carboxylic acids is 2. The molecule has 2 aliphatic carbocycles. The largest absolute Gasteiger partial charge is 0.493 e. The second-order valence-electron chi connectivity index (χ2n) is 14.1. The first-order chi connectivity index (χ1) is 22.0. The van der Waals surface area contributed by atoms with Crippen LogP contribution in [0.4, 0.5) is 0 Å². The van der Waals surface area contributed by atoms with Gasteiger partial charge in [0.15, 0.2) is 11.5 Å². The first-order valence-electron chi connectivity index (χ1n) is 17.9. The Bertz CT molecular complexity index is 1330. The summed E-state index contributed by atoms with van der Waals surface area (Å²) in [6, 6.07) is 15.5. The minimum Gasteiger partial charge on any atom is -0.493 e. The fourth-order valence-electron chi connectivity index (χ4n) is 9.60. The molecule has 4 aliphatic rings. The van der Waals surface area contributed by atoms with Crippen molar-refractivity contribution in [2.75, 3.05) is 26.7 Å². The predicted molar refractivity (Wildman–Crippen MR) is 179 cm³/mol. The van der Waals surface area contributed by atoms with Gasteiger partial charge in [0.25, 0.3) is 0 Å². The Labute approximate surface area is 270 Å². The molecule has 6 heteroatoms. The van der Waals surface area contributed by atoms with Crippen molar-refractivity contribution in [3.63, 3.8) is 0 Å². The lowest BCUT2D eigenvalue weighted by molar-refractivity contribution is -0.143. The van der Waals surface area contributed by atoms with Crippen molar-refractivity contribution in [2.45, 2.75) is 127 Å². The van der Waals surface area contributed by atoms with Gasteiger partial charge < -0.3 is 14.4 Å². The molecular weight excluding hydrogens is 560 g/mol. The summed E-state index contributed by atoms with van der Waals surface area (Å²) < 4.78 is 12.8.